The Morgan fingerprint density at radius 3 is 2.71 bits per heavy atom. The van der Waals surface area contributed by atoms with Crippen LogP contribution in [0, 0.1) is 6.92 Å². The third-order valence-corrected chi connectivity index (χ3v) is 0.766. The van der Waals surface area contributed by atoms with Gasteiger partial charge in [0.05, 0.1) is 11.9 Å². The summed E-state index contributed by atoms with van der Waals surface area (Å²) in [4.78, 5) is 3.98. The predicted octanol–water partition coefficient (Wildman–Crippen LogP) is 0.924. The third-order valence-electron chi connectivity index (χ3n) is 0.766. The van der Waals surface area contributed by atoms with Crippen LogP contribution in [-0.2, 0) is 0 Å². The van der Waals surface area contributed by atoms with E-state index in [0.29, 0.717) is 10.5 Å². The molecule has 0 aliphatic rings. The molecule has 0 fully saturated rings. The van der Waals surface area contributed by atoms with E-state index in [0.717, 1.165) is 6.33 Å². The smallest absolute Gasteiger partial charge is 0.126 e. The molecule has 0 radical (unpaired) electrons. The van der Waals surface area contributed by atoms with Crippen molar-refractivity contribution in [3.63, 3.8) is 0 Å². The van der Waals surface area contributed by atoms with Crippen molar-refractivity contribution < 1.29 is 4.48 Å². The molecule has 0 atom stereocenters. The van der Waals surface area contributed by atoms with Gasteiger partial charge in [-0.25, -0.2) is 4.98 Å². The van der Waals surface area contributed by atoms with E-state index in [1.165, 1.54) is 6.20 Å². The number of imidazole rings is 1. The lowest BCUT2D eigenvalue weighted by molar-refractivity contribution is 0.359. The van der Waals surface area contributed by atoms with Gasteiger partial charge in [0, 0.05) is 0 Å². The van der Waals surface area contributed by atoms with Crippen LogP contribution in [0.4, 0.5) is 4.48 Å². The third kappa shape index (κ3) is 0.607. The number of nitrogens with zero attached hydrogens (tertiary/aromatic N) is 2. The lowest BCUT2D eigenvalue weighted by atomic mass is 10.6. The van der Waals surface area contributed by atoms with Crippen molar-refractivity contribution >= 4 is 0 Å². The molecule has 0 saturated heterocycles. The molecule has 7 heavy (non-hydrogen) atoms. The second-order valence-corrected chi connectivity index (χ2v) is 1.35. The Morgan fingerprint density at radius 1 is 1.86 bits per heavy atom. The Balaban J connectivity index is 3.12. The van der Waals surface area contributed by atoms with Gasteiger partial charge in [-0.1, -0.05) is 4.48 Å². The van der Waals surface area contributed by atoms with Crippen molar-refractivity contribution in [2.45, 2.75) is 6.92 Å². The van der Waals surface area contributed by atoms with Gasteiger partial charge in [-0.15, -0.1) is 0 Å². The average molecular weight is 100 g/mol. The molecule has 1 rings (SSSR count). The fourth-order valence-electron chi connectivity index (χ4n) is 0.346. The molecule has 2 nitrogen and oxygen atoms in total. The normalized spacial score (nSPS) is 9.43. The molecular formula is C4H5FN2. The van der Waals surface area contributed by atoms with Crippen LogP contribution in [0.2, 0.25) is 0 Å². The van der Waals surface area contributed by atoms with Crippen molar-refractivity contribution in [1.82, 2.24) is 9.77 Å². The standard InChI is InChI=1S/C4H5FN2/c1-4-2-6-3-7(4)5/h2-3H,1H3. The van der Waals surface area contributed by atoms with Gasteiger partial charge in [0.1, 0.15) is 6.33 Å². The minimum Gasteiger partial charge on any atom is -0.242 e. The number of hydrogen-bond acceptors (Lipinski definition) is 1. The van der Waals surface area contributed by atoms with Crippen molar-refractivity contribution in [2.24, 2.45) is 0 Å². The van der Waals surface area contributed by atoms with E-state index in [1.807, 2.05) is 0 Å². The first-order chi connectivity index (χ1) is 3.30. The van der Waals surface area contributed by atoms with E-state index in [2.05, 4.69) is 4.98 Å². The zero-order valence-electron chi connectivity index (χ0n) is 3.93. The highest BCUT2D eigenvalue weighted by molar-refractivity contribution is 4.90. The van der Waals surface area contributed by atoms with Gasteiger partial charge in [0.15, 0.2) is 0 Å². The SMILES string of the molecule is Cc1cncn1F. The van der Waals surface area contributed by atoms with Gasteiger partial charge in [-0.2, -0.15) is 4.79 Å². The van der Waals surface area contributed by atoms with Crippen molar-refractivity contribution in [3.8, 4) is 0 Å². The Bertz CT molecular complexity index is 142. The van der Waals surface area contributed by atoms with Crippen LogP contribution in [0.3, 0.4) is 0 Å². The molecule has 0 bridgehead atoms. The van der Waals surface area contributed by atoms with Crippen molar-refractivity contribution in [3.05, 3.63) is 18.2 Å². The highest BCUT2D eigenvalue weighted by Gasteiger charge is 1.87. The summed E-state index contributed by atoms with van der Waals surface area (Å²) in [5.41, 5.74) is 0.528. The number of rotatable bonds is 0. The van der Waals surface area contributed by atoms with Gasteiger partial charge in [-0.3, -0.25) is 0 Å². The van der Waals surface area contributed by atoms with Crippen LogP contribution < -0.4 is 0 Å². The Hall–Kier alpha value is -0.860. The topological polar surface area (TPSA) is 17.8 Å². The molecule has 0 amide bonds. The lowest BCUT2D eigenvalue weighted by Gasteiger charge is -1.80. The molecule has 0 aliphatic carbocycles. The summed E-state index contributed by atoms with van der Waals surface area (Å²) in [6.07, 6.45) is 2.58. The molecule has 0 saturated carbocycles. The summed E-state index contributed by atoms with van der Waals surface area (Å²) in [6, 6.07) is 0. The first kappa shape index (κ1) is 4.30. The summed E-state index contributed by atoms with van der Waals surface area (Å²) in [7, 11) is 0. The van der Waals surface area contributed by atoms with Crippen molar-refractivity contribution in [1.29, 1.82) is 0 Å². The highest BCUT2D eigenvalue weighted by atomic mass is 19.2. The van der Waals surface area contributed by atoms with Gasteiger partial charge >= 0.3 is 0 Å². The molecule has 0 aromatic carbocycles. The van der Waals surface area contributed by atoms with Crippen LogP contribution in [0.5, 0.6) is 0 Å². The van der Waals surface area contributed by atoms with Crippen LogP contribution in [0.25, 0.3) is 0 Å². The minimum absolute atomic E-state index is 0.472. The Labute approximate surface area is 40.5 Å². The Kier molecular flexibility index (Phi) is 0.817. The van der Waals surface area contributed by atoms with Crippen LogP contribution in [0.15, 0.2) is 12.5 Å². The maximum atomic E-state index is 11.9. The van der Waals surface area contributed by atoms with Crippen molar-refractivity contribution in [2.75, 3.05) is 0 Å². The first-order valence-corrected chi connectivity index (χ1v) is 1.96. The number of aromatic nitrogens is 2. The lowest BCUT2D eigenvalue weighted by Crippen LogP contribution is -1.78. The van der Waals surface area contributed by atoms with E-state index in [-0.39, 0.29) is 0 Å². The summed E-state index contributed by atoms with van der Waals surface area (Å²) < 4.78 is 11.9. The zero-order chi connectivity index (χ0) is 5.28. The number of aryl methyl sites for hydroxylation is 1. The minimum atomic E-state index is 0.472. The molecule has 0 N–H and O–H groups in total. The molecule has 1 aromatic heterocycles. The van der Waals surface area contributed by atoms with Gasteiger partial charge < -0.3 is 0 Å². The quantitative estimate of drug-likeness (QED) is 0.474. The van der Waals surface area contributed by atoms with Crippen LogP contribution >= 0.6 is 0 Å². The van der Waals surface area contributed by atoms with Gasteiger partial charge in [0.25, 0.3) is 0 Å². The van der Waals surface area contributed by atoms with E-state index in [1.54, 1.807) is 6.92 Å². The monoisotopic (exact) mass is 100 g/mol. The summed E-state index contributed by atoms with van der Waals surface area (Å²) >= 11 is 0. The fourth-order valence-corrected chi connectivity index (χ4v) is 0.346. The maximum Gasteiger partial charge on any atom is 0.126 e. The van der Waals surface area contributed by atoms with E-state index in [4.69, 9.17) is 0 Å². The molecule has 0 unspecified atom stereocenters. The predicted molar refractivity (Wildman–Crippen MR) is 23.5 cm³/mol. The van der Waals surface area contributed by atoms with Gasteiger partial charge in [0.2, 0.25) is 0 Å². The van der Waals surface area contributed by atoms with Crippen LogP contribution in [0.1, 0.15) is 5.69 Å². The fraction of sp³-hybridized carbons (Fsp3) is 0.250. The maximum absolute atomic E-state index is 11.9. The second-order valence-electron chi connectivity index (χ2n) is 1.35. The first-order valence-electron chi connectivity index (χ1n) is 1.96. The van der Waals surface area contributed by atoms with Gasteiger partial charge in [-0.05, 0) is 6.92 Å². The molecule has 0 spiro atoms. The zero-order valence-corrected chi connectivity index (χ0v) is 3.93. The Morgan fingerprint density at radius 2 is 2.57 bits per heavy atom. The van der Waals surface area contributed by atoms with E-state index in [9.17, 15) is 4.48 Å². The second kappa shape index (κ2) is 1.33. The average Bonchev–Trinajstić information content (AvgIpc) is 1.91. The van der Waals surface area contributed by atoms with E-state index < -0.39 is 0 Å². The summed E-state index contributed by atoms with van der Waals surface area (Å²) in [5, 5.41) is 0. The van der Waals surface area contributed by atoms with Crippen LogP contribution in [-0.4, -0.2) is 9.77 Å². The molecule has 3 heteroatoms. The highest BCUT2D eigenvalue weighted by Crippen LogP contribution is 1.92. The summed E-state index contributed by atoms with van der Waals surface area (Å²) in [6.45, 7) is 1.65. The molecule has 38 valence electrons. The number of hydrogen-bond donors (Lipinski definition) is 0. The molecule has 1 heterocycles. The molecular weight excluding hydrogens is 95.1 g/mol. The number of halogens is 1. The van der Waals surface area contributed by atoms with E-state index >= 15 is 0 Å². The largest absolute Gasteiger partial charge is 0.242 e. The summed E-state index contributed by atoms with van der Waals surface area (Å²) in [5.74, 6) is 0. The molecule has 0 aliphatic heterocycles. The molecule has 1 aromatic rings.